The lowest BCUT2D eigenvalue weighted by Gasteiger charge is -2.43. The van der Waals surface area contributed by atoms with Crippen LogP contribution in [0.3, 0.4) is 0 Å². The minimum Gasteiger partial charge on any atom is -0.497 e. The van der Waals surface area contributed by atoms with Crippen LogP contribution in [0.15, 0.2) is 47.3 Å². The molecule has 0 radical (unpaired) electrons. The number of nitrogens with one attached hydrogen (secondary N) is 1. The summed E-state index contributed by atoms with van der Waals surface area (Å²) in [5, 5.41) is 2.66. The molecule has 1 N–H and O–H groups in total. The first-order valence-electron chi connectivity index (χ1n) is 11.1. The molecule has 0 aliphatic carbocycles. The second kappa shape index (κ2) is 8.38. The predicted octanol–water partition coefficient (Wildman–Crippen LogP) is 1.31. The number of methoxy groups -OCH3 is 1. The maximum atomic E-state index is 13.1. The topological polar surface area (TPSA) is 101 Å². The second-order valence-electron chi connectivity index (χ2n) is 8.98. The van der Waals surface area contributed by atoms with Crippen LogP contribution in [0, 0.1) is 5.92 Å². The van der Waals surface area contributed by atoms with Crippen molar-refractivity contribution in [2.45, 2.75) is 37.9 Å². The molecule has 2 aromatic rings. The van der Waals surface area contributed by atoms with Gasteiger partial charge in [0.1, 0.15) is 11.8 Å². The number of ether oxygens (including phenoxy) is 1. The first kappa shape index (κ1) is 21.2. The number of nitrogens with zero attached hydrogens (tertiary/aromatic N) is 3. The van der Waals surface area contributed by atoms with Crippen LogP contribution < -0.4 is 15.6 Å². The van der Waals surface area contributed by atoms with Crippen LogP contribution in [0.5, 0.6) is 5.75 Å². The van der Waals surface area contributed by atoms with E-state index >= 15 is 0 Å². The van der Waals surface area contributed by atoms with Crippen molar-refractivity contribution in [2.24, 2.45) is 5.92 Å². The monoisotopic (exact) mass is 450 g/mol. The first-order chi connectivity index (χ1) is 15.9. The number of pyridine rings is 1. The molecule has 4 amide bonds. The Balaban J connectivity index is 1.23. The lowest BCUT2D eigenvalue weighted by molar-refractivity contribution is -0.137. The molecule has 2 fully saturated rings. The molecule has 3 aliphatic rings. The number of carbonyl (C=O) groups excluding carboxylic acids is 3. The highest BCUT2D eigenvalue weighted by molar-refractivity contribution is 6.05. The van der Waals surface area contributed by atoms with Crippen molar-refractivity contribution in [1.82, 2.24) is 19.7 Å². The van der Waals surface area contributed by atoms with E-state index in [0.717, 1.165) is 22.6 Å². The van der Waals surface area contributed by atoms with Gasteiger partial charge in [0.05, 0.1) is 20.1 Å². The normalized spacial score (nSPS) is 23.8. The lowest BCUT2D eigenvalue weighted by Crippen LogP contribution is -2.50. The van der Waals surface area contributed by atoms with Gasteiger partial charge in [-0.1, -0.05) is 18.2 Å². The van der Waals surface area contributed by atoms with Crippen molar-refractivity contribution < 1.29 is 19.1 Å². The maximum Gasteiger partial charge on any atom is 0.325 e. The third-order valence-electron chi connectivity index (χ3n) is 6.82. The Morgan fingerprint density at radius 3 is 2.61 bits per heavy atom. The molecule has 0 spiro atoms. The highest BCUT2D eigenvalue weighted by atomic mass is 16.5. The van der Waals surface area contributed by atoms with Gasteiger partial charge in [0, 0.05) is 37.3 Å². The van der Waals surface area contributed by atoms with Crippen molar-refractivity contribution in [1.29, 1.82) is 0 Å². The first-order valence-corrected chi connectivity index (χ1v) is 11.1. The van der Waals surface area contributed by atoms with Gasteiger partial charge in [-0.3, -0.25) is 19.3 Å². The van der Waals surface area contributed by atoms with Gasteiger partial charge in [0.2, 0.25) is 5.91 Å². The minimum absolute atomic E-state index is 0.00167. The number of rotatable bonds is 5. The second-order valence-corrected chi connectivity index (χ2v) is 8.98. The van der Waals surface area contributed by atoms with Crippen LogP contribution in [0.1, 0.15) is 30.0 Å². The molecule has 4 heterocycles. The highest BCUT2D eigenvalue weighted by Gasteiger charge is 2.41. The summed E-state index contributed by atoms with van der Waals surface area (Å²) in [4.78, 5) is 53.5. The molecule has 33 heavy (non-hydrogen) atoms. The Morgan fingerprint density at radius 2 is 1.85 bits per heavy atom. The van der Waals surface area contributed by atoms with E-state index in [0.29, 0.717) is 25.4 Å². The van der Waals surface area contributed by atoms with Crippen LogP contribution in [-0.4, -0.2) is 58.5 Å². The fourth-order valence-corrected chi connectivity index (χ4v) is 5.18. The molecule has 5 rings (SSSR count). The fourth-order valence-electron chi connectivity index (χ4n) is 5.18. The molecular formula is C24H26N4O5. The number of carbonyl (C=O) groups is 3. The summed E-state index contributed by atoms with van der Waals surface area (Å²) in [6, 6.07) is 11.1. The SMILES string of the molecule is COc1ccc(CN2C(=O)N[C@@H](CC(=O)N3CC4CC(C3)c3cccc(=O)n3C4)C2=O)cc1. The Morgan fingerprint density at radius 1 is 1.06 bits per heavy atom. The third-order valence-corrected chi connectivity index (χ3v) is 6.82. The van der Waals surface area contributed by atoms with Crippen molar-refractivity contribution in [3.8, 4) is 5.75 Å². The molecule has 2 unspecified atom stereocenters. The molecule has 3 aliphatic heterocycles. The van der Waals surface area contributed by atoms with Gasteiger partial charge in [0.25, 0.3) is 11.5 Å². The summed E-state index contributed by atoms with van der Waals surface area (Å²) in [6.07, 6.45) is 0.882. The smallest absolute Gasteiger partial charge is 0.325 e. The summed E-state index contributed by atoms with van der Waals surface area (Å²) >= 11 is 0. The number of piperidine rings is 1. The number of aromatic nitrogens is 1. The van der Waals surface area contributed by atoms with E-state index in [-0.39, 0.29) is 36.3 Å². The van der Waals surface area contributed by atoms with E-state index in [1.54, 1.807) is 48.4 Å². The highest BCUT2D eigenvalue weighted by Crippen LogP contribution is 2.35. The molecule has 2 saturated heterocycles. The van der Waals surface area contributed by atoms with Gasteiger partial charge < -0.3 is 19.5 Å². The number of benzene rings is 1. The van der Waals surface area contributed by atoms with Crippen LogP contribution in [0.25, 0.3) is 0 Å². The Labute approximate surface area is 190 Å². The molecule has 1 aromatic heterocycles. The van der Waals surface area contributed by atoms with Crippen LogP contribution in [0.2, 0.25) is 0 Å². The number of hydrogen-bond acceptors (Lipinski definition) is 5. The minimum atomic E-state index is -0.861. The van der Waals surface area contributed by atoms with E-state index < -0.39 is 18.0 Å². The number of hydrogen-bond donors (Lipinski definition) is 1. The van der Waals surface area contributed by atoms with E-state index in [1.807, 2.05) is 10.6 Å². The van der Waals surface area contributed by atoms with Crippen molar-refractivity contribution in [3.05, 3.63) is 64.1 Å². The number of imide groups is 1. The van der Waals surface area contributed by atoms with E-state index in [4.69, 9.17) is 4.74 Å². The van der Waals surface area contributed by atoms with Gasteiger partial charge in [-0.2, -0.15) is 0 Å². The molecule has 9 heteroatoms. The Bertz CT molecular complexity index is 1160. The van der Waals surface area contributed by atoms with Crippen LogP contribution in [0.4, 0.5) is 4.79 Å². The largest absolute Gasteiger partial charge is 0.497 e. The van der Waals surface area contributed by atoms with Gasteiger partial charge in [-0.05, 0) is 36.1 Å². The standard InChI is InChI=1S/C24H26N4O5/c1-33-18-7-5-15(6-8-18)12-28-23(31)19(25-24(28)32)10-22(30)26-11-16-9-17(14-26)20-3-2-4-21(29)27(20)13-16/h2-8,16-17,19H,9-14H2,1H3,(H,25,32)/t16?,17?,19-/m0/s1. The summed E-state index contributed by atoms with van der Waals surface area (Å²) in [5.41, 5.74) is 1.76. The number of urea groups is 1. The Hall–Kier alpha value is -3.62. The zero-order chi connectivity index (χ0) is 23.1. The average molecular weight is 450 g/mol. The maximum absolute atomic E-state index is 13.1. The quantitative estimate of drug-likeness (QED) is 0.693. The fraction of sp³-hybridized carbons (Fsp3) is 0.417. The van der Waals surface area contributed by atoms with Gasteiger partial charge in [-0.25, -0.2) is 4.79 Å². The lowest BCUT2D eigenvalue weighted by atomic mass is 9.83. The summed E-state index contributed by atoms with van der Waals surface area (Å²) < 4.78 is 6.95. The van der Waals surface area contributed by atoms with Crippen LogP contribution >= 0.6 is 0 Å². The molecule has 9 nitrogen and oxygen atoms in total. The summed E-state index contributed by atoms with van der Waals surface area (Å²) in [7, 11) is 1.57. The molecule has 1 aromatic carbocycles. The van der Waals surface area contributed by atoms with E-state index in [1.165, 1.54) is 0 Å². The van der Waals surface area contributed by atoms with E-state index in [2.05, 4.69) is 5.32 Å². The van der Waals surface area contributed by atoms with E-state index in [9.17, 15) is 19.2 Å². The molecule has 2 bridgehead atoms. The van der Waals surface area contributed by atoms with Crippen molar-refractivity contribution in [2.75, 3.05) is 20.2 Å². The van der Waals surface area contributed by atoms with Gasteiger partial charge in [0.15, 0.2) is 0 Å². The Kier molecular flexibility index (Phi) is 5.39. The summed E-state index contributed by atoms with van der Waals surface area (Å²) in [5.74, 6) is 0.467. The zero-order valence-corrected chi connectivity index (χ0v) is 18.4. The van der Waals surface area contributed by atoms with Crippen molar-refractivity contribution in [3.63, 3.8) is 0 Å². The number of likely N-dealkylation sites (tertiary alicyclic amines) is 1. The molecular weight excluding hydrogens is 424 g/mol. The van der Waals surface area contributed by atoms with Gasteiger partial charge in [-0.15, -0.1) is 0 Å². The average Bonchev–Trinajstić information content (AvgIpc) is 3.07. The van der Waals surface area contributed by atoms with Crippen molar-refractivity contribution >= 4 is 17.8 Å². The number of amides is 4. The third kappa shape index (κ3) is 3.99. The predicted molar refractivity (Wildman–Crippen MR) is 119 cm³/mol. The molecule has 0 saturated carbocycles. The molecule has 3 atom stereocenters. The molecule has 172 valence electrons. The number of fused-ring (bicyclic) bond motifs is 4. The zero-order valence-electron chi connectivity index (χ0n) is 18.4. The van der Waals surface area contributed by atoms with Gasteiger partial charge >= 0.3 is 6.03 Å². The summed E-state index contributed by atoms with van der Waals surface area (Å²) in [6.45, 7) is 1.81. The van der Waals surface area contributed by atoms with Crippen LogP contribution in [-0.2, 0) is 22.7 Å².